The average Bonchev–Trinajstić information content (AvgIpc) is 2.24. The van der Waals surface area contributed by atoms with E-state index in [0.29, 0.717) is 9.34 Å². The Morgan fingerprint density at radius 1 is 1.00 bits per heavy atom. The molecule has 0 saturated carbocycles. The molecule has 17 heavy (non-hydrogen) atoms. The van der Waals surface area contributed by atoms with E-state index in [0.717, 1.165) is 6.42 Å². The Kier molecular flexibility index (Phi) is 10.6. The Morgan fingerprint density at radius 3 is 2.06 bits per heavy atom. The first-order valence-corrected chi connectivity index (χ1v) is 12.1. The van der Waals surface area contributed by atoms with Crippen molar-refractivity contribution in [3.63, 3.8) is 0 Å². The fourth-order valence-electron chi connectivity index (χ4n) is 1.60. The maximum atomic E-state index is 11.5. The van der Waals surface area contributed by atoms with Crippen molar-refractivity contribution in [1.29, 1.82) is 0 Å². The van der Waals surface area contributed by atoms with Crippen LogP contribution in [0.25, 0.3) is 0 Å². The van der Waals surface area contributed by atoms with E-state index in [4.69, 9.17) is 2.64 Å². The third kappa shape index (κ3) is 14.3. The zero-order valence-electron chi connectivity index (χ0n) is 12.2. The molecule has 0 fully saturated rings. The molecule has 0 aromatic carbocycles. The maximum absolute atomic E-state index is 11.5. The van der Waals surface area contributed by atoms with Crippen LogP contribution in [0.15, 0.2) is 0 Å². The van der Waals surface area contributed by atoms with E-state index in [9.17, 15) is 4.79 Å². The molecular weight excluding hydrogens is 401 g/mol. The Labute approximate surface area is 120 Å². The topological polar surface area (TPSA) is 26.3 Å². The second-order valence-electron chi connectivity index (χ2n) is 6.09. The molecule has 3 heteroatoms. The fraction of sp³-hybridized carbons (Fsp3) is 0.929. The Hall–Kier alpha value is 0.405. The molecule has 0 aromatic rings. The van der Waals surface area contributed by atoms with E-state index in [-0.39, 0.29) is 5.97 Å². The van der Waals surface area contributed by atoms with E-state index in [1.165, 1.54) is 38.5 Å². The van der Waals surface area contributed by atoms with E-state index < -0.39 is 25.0 Å². The van der Waals surface area contributed by atoms with Crippen molar-refractivity contribution in [2.75, 3.05) is 0 Å². The second kappa shape index (κ2) is 10.3. The van der Waals surface area contributed by atoms with Gasteiger partial charge in [-0.05, 0) is 0 Å². The summed E-state index contributed by atoms with van der Waals surface area (Å²) >= 11 is -1.44. The first-order chi connectivity index (χ1) is 7.95. The van der Waals surface area contributed by atoms with Crippen LogP contribution >= 0.6 is 0 Å². The predicted molar refractivity (Wildman–Crippen MR) is 68.4 cm³/mol. The summed E-state index contributed by atoms with van der Waals surface area (Å²) in [4.78, 5) is 11.5. The Bertz CT molecular complexity index is 197. The molecule has 0 heterocycles. The standard InChI is InChI=1S/C10H20O2.C4H9.Hg/c1-2-3-4-5-6-7-8-9-10(11)12;1-4(2)3;/h2-9H2,1H3,(H,11,12);1-3H3;/q;;+1/p-1. The molecule has 0 spiro atoms. The van der Waals surface area contributed by atoms with Gasteiger partial charge >= 0.3 is 120 Å². The predicted octanol–water partition coefficient (Wildman–Crippen LogP) is 4.89. The minimum absolute atomic E-state index is 0.0650. The molecule has 98 valence electrons. The zero-order chi connectivity index (χ0) is 13.1. The van der Waals surface area contributed by atoms with Crippen LogP contribution in [0.4, 0.5) is 0 Å². The minimum atomic E-state index is -1.44. The molecule has 0 amide bonds. The van der Waals surface area contributed by atoms with Gasteiger partial charge in [0.05, 0.1) is 0 Å². The van der Waals surface area contributed by atoms with E-state index in [1.807, 2.05) is 0 Å². The molecule has 0 rings (SSSR count). The third-order valence-electron chi connectivity index (χ3n) is 2.65. The van der Waals surface area contributed by atoms with Gasteiger partial charge in [0, 0.05) is 0 Å². The van der Waals surface area contributed by atoms with Crippen LogP contribution in [0.2, 0.25) is 2.92 Å². The summed E-state index contributed by atoms with van der Waals surface area (Å²) in [6.07, 6.45) is 9.44. The van der Waals surface area contributed by atoms with Crippen molar-refractivity contribution < 1.29 is 32.5 Å². The Morgan fingerprint density at radius 2 is 1.53 bits per heavy atom. The van der Waals surface area contributed by atoms with E-state index in [2.05, 4.69) is 27.7 Å². The van der Waals surface area contributed by atoms with Gasteiger partial charge in [-0.1, -0.05) is 0 Å². The number of carbonyl (C=O) groups excluding carboxylic acids is 1. The average molecular weight is 429 g/mol. The summed E-state index contributed by atoms with van der Waals surface area (Å²) < 4.78 is 5.74. The molecule has 0 aliphatic rings. The molecule has 0 saturated heterocycles. The molecule has 0 bridgehead atoms. The Balaban J connectivity index is 3.28. The van der Waals surface area contributed by atoms with Crippen LogP contribution in [0, 0.1) is 0 Å². The van der Waals surface area contributed by atoms with Crippen LogP contribution in [0.3, 0.4) is 0 Å². The van der Waals surface area contributed by atoms with Gasteiger partial charge in [-0.3, -0.25) is 0 Å². The summed E-state index contributed by atoms with van der Waals surface area (Å²) in [6.45, 7) is 8.76. The van der Waals surface area contributed by atoms with Gasteiger partial charge in [0.1, 0.15) is 0 Å². The molecule has 0 radical (unpaired) electrons. The van der Waals surface area contributed by atoms with E-state index >= 15 is 0 Å². The molecule has 0 unspecified atom stereocenters. The normalized spacial score (nSPS) is 11.1. The molecular formula is C14H28HgO2. The van der Waals surface area contributed by atoms with Crippen molar-refractivity contribution in [3.05, 3.63) is 0 Å². The third-order valence-corrected chi connectivity index (χ3v) is 7.83. The molecule has 0 aliphatic heterocycles. The zero-order valence-corrected chi connectivity index (χ0v) is 17.7. The van der Waals surface area contributed by atoms with Crippen LogP contribution in [-0.4, -0.2) is 5.97 Å². The van der Waals surface area contributed by atoms with Crippen molar-refractivity contribution in [2.24, 2.45) is 0 Å². The van der Waals surface area contributed by atoms with Gasteiger partial charge in [0.2, 0.25) is 0 Å². The first-order valence-electron chi connectivity index (χ1n) is 7.11. The number of carbonyl (C=O) groups is 1. The number of unbranched alkanes of at least 4 members (excludes halogenated alkanes) is 6. The molecule has 0 atom stereocenters. The summed E-state index contributed by atoms with van der Waals surface area (Å²) in [5.74, 6) is 0.0650. The molecule has 0 aromatic heterocycles. The van der Waals surface area contributed by atoms with Crippen molar-refractivity contribution in [2.45, 2.75) is 82.0 Å². The number of hydrogen-bond acceptors (Lipinski definition) is 2. The summed E-state index contributed by atoms with van der Waals surface area (Å²) in [7, 11) is 0. The van der Waals surface area contributed by atoms with Crippen molar-refractivity contribution in [3.8, 4) is 0 Å². The van der Waals surface area contributed by atoms with Crippen LogP contribution in [0.5, 0.6) is 0 Å². The van der Waals surface area contributed by atoms with Crippen LogP contribution in [0.1, 0.15) is 79.1 Å². The van der Waals surface area contributed by atoms with E-state index in [1.54, 1.807) is 0 Å². The fourth-order valence-corrected chi connectivity index (χ4v) is 4.47. The van der Waals surface area contributed by atoms with Gasteiger partial charge in [-0.25, -0.2) is 0 Å². The summed E-state index contributed by atoms with van der Waals surface area (Å²) in [6, 6.07) is 0. The van der Waals surface area contributed by atoms with Gasteiger partial charge in [-0.2, -0.15) is 0 Å². The van der Waals surface area contributed by atoms with Gasteiger partial charge in [-0.15, -0.1) is 0 Å². The second-order valence-corrected chi connectivity index (χ2v) is 16.6. The summed E-state index contributed by atoms with van der Waals surface area (Å²) in [5, 5.41) is 0. The van der Waals surface area contributed by atoms with Gasteiger partial charge in [0.25, 0.3) is 0 Å². The number of hydrogen-bond donors (Lipinski definition) is 0. The van der Waals surface area contributed by atoms with Crippen molar-refractivity contribution in [1.82, 2.24) is 0 Å². The monoisotopic (exact) mass is 430 g/mol. The van der Waals surface area contributed by atoms with Crippen LogP contribution in [-0.2, 0) is 32.5 Å². The van der Waals surface area contributed by atoms with Gasteiger partial charge < -0.3 is 0 Å². The quantitative estimate of drug-likeness (QED) is 0.386. The SMILES string of the molecule is CCCCCCCCCC(=O)[O][Hg][C](C)(C)C. The molecule has 2 nitrogen and oxygen atoms in total. The summed E-state index contributed by atoms with van der Waals surface area (Å²) in [5.41, 5.74) is 0. The molecule has 0 aliphatic carbocycles. The number of rotatable bonds is 9. The van der Waals surface area contributed by atoms with Crippen LogP contribution < -0.4 is 0 Å². The van der Waals surface area contributed by atoms with Crippen molar-refractivity contribution >= 4 is 5.97 Å². The first kappa shape index (κ1) is 17.4. The van der Waals surface area contributed by atoms with Gasteiger partial charge in [0.15, 0.2) is 0 Å². The molecule has 0 N–H and O–H groups in total.